The number of hydrogen-bond acceptors (Lipinski definition) is 3. The van der Waals surface area contributed by atoms with Gasteiger partial charge in [0, 0.05) is 6.42 Å². The number of ether oxygens (including phenoxy) is 1. The number of nitrogens with zero attached hydrogens (tertiary/aromatic N) is 1. The molecule has 0 spiro atoms. The van der Waals surface area contributed by atoms with Crippen LogP contribution in [-0.4, -0.2) is 17.7 Å². The minimum Gasteiger partial charge on any atom is -0.462 e. The summed E-state index contributed by atoms with van der Waals surface area (Å²) >= 11 is 5.88. The van der Waals surface area contributed by atoms with Crippen molar-refractivity contribution in [3.8, 4) is 0 Å². The Bertz CT molecular complexity index is 480. The number of carbonyl (C=O) groups excluding carboxylic acids is 1. The molecule has 0 amide bonds. The Kier molecular flexibility index (Phi) is 2.97. The SMILES string of the molecule is CCOC(=O)c1cc(C)c2c(c1)CC(Cl)=N2. The van der Waals surface area contributed by atoms with Crippen LogP contribution in [0.2, 0.25) is 0 Å². The molecule has 0 radical (unpaired) electrons. The number of aliphatic imine (C=N–C) groups is 1. The number of halogens is 1. The molecule has 0 N–H and O–H groups in total. The molecule has 3 nitrogen and oxygen atoms in total. The lowest BCUT2D eigenvalue weighted by atomic mass is 10.0. The van der Waals surface area contributed by atoms with Crippen molar-refractivity contribution >= 4 is 28.4 Å². The van der Waals surface area contributed by atoms with Gasteiger partial charge in [-0.2, -0.15) is 0 Å². The van der Waals surface area contributed by atoms with Gasteiger partial charge in [0.1, 0.15) is 5.17 Å². The predicted octanol–water partition coefficient (Wildman–Crippen LogP) is 3.00. The van der Waals surface area contributed by atoms with E-state index in [1.54, 1.807) is 19.1 Å². The van der Waals surface area contributed by atoms with Gasteiger partial charge in [0.05, 0.1) is 17.9 Å². The molecule has 1 heterocycles. The van der Waals surface area contributed by atoms with Gasteiger partial charge in [0.2, 0.25) is 0 Å². The highest BCUT2D eigenvalue weighted by Crippen LogP contribution is 2.32. The lowest BCUT2D eigenvalue weighted by molar-refractivity contribution is 0.0526. The molecular weight excluding hydrogens is 226 g/mol. The van der Waals surface area contributed by atoms with Crippen LogP contribution in [0.25, 0.3) is 0 Å². The molecule has 1 aromatic rings. The van der Waals surface area contributed by atoms with Gasteiger partial charge in [-0.3, -0.25) is 0 Å². The molecule has 16 heavy (non-hydrogen) atoms. The molecule has 0 aliphatic carbocycles. The van der Waals surface area contributed by atoms with Gasteiger partial charge in [-0.25, -0.2) is 9.79 Å². The van der Waals surface area contributed by atoms with Crippen LogP contribution >= 0.6 is 11.6 Å². The van der Waals surface area contributed by atoms with E-state index < -0.39 is 0 Å². The standard InChI is InChI=1S/C12H12ClNO2/c1-3-16-12(15)9-4-7(2)11-8(5-9)6-10(13)14-11/h4-5H,3,6H2,1-2H3. The molecule has 0 bridgehead atoms. The van der Waals surface area contributed by atoms with E-state index in [9.17, 15) is 4.79 Å². The third kappa shape index (κ3) is 1.95. The number of esters is 1. The van der Waals surface area contributed by atoms with Gasteiger partial charge in [-0.1, -0.05) is 11.6 Å². The fourth-order valence-electron chi connectivity index (χ4n) is 1.80. The molecular formula is C12H12ClNO2. The maximum Gasteiger partial charge on any atom is 0.338 e. The molecule has 0 fully saturated rings. The quantitative estimate of drug-likeness (QED) is 0.742. The van der Waals surface area contributed by atoms with E-state index in [-0.39, 0.29) is 5.97 Å². The first kappa shape index (κ1) is 11.1. The van der Waals surface area contributed by atoms with E-state index in [0.29, 0.717) is 23.8 Å². The highest BCUT2D eigenvalue weighted by molar-refractivity contribution is 6.66. The van der Waals surface area contributed by atoms with E-state index in [1.807, 2.05) is 6.92 Å². The molecule has 1 aliphatic heterocycles. The minimum absolute atomic E-state index is 0.295. The first-order valence-corrected chi connectivity index (χ1v) is 5.53. The van der Waals surface area contributed by atoms with E-state index in [0.717, 1.165) is 16.8 Å². The fraction of sp³-hybridized carbons (Fsp3) is 0.333. The monoisotopic (exact) mass is 237 g/mol. The van der Waals surface area contributed by atoms with Crippen molar-refractivity contribution in [3.05, 3.63) is 28.8 Å². The summed E-state index contributed by atoms with van der Waals surface area (Å²) in [6, 6.07) is 3.59. The molecule has 0 atom stereocenters. The zero-order valence-electron chi connectivity index (χ0n) is 9.21. The van der Waals surface area contributed by atoms with Gasteiger partial charge >= 0.3 is 5.97 Å². The first-order chi connectivity index (χ1) is 7.61. The zero-order valence-corrected chi connectivity index (χ0v) is 9.97. The summed E-state index contributed by atoms with van der Waals surface area (Å²) in [6.07, 6.45) is 0.602. The minimum atomic E-state index is -0.295. The van der Waals surface area contributed by atoms with Crippen LogP contribution in [0.3, 0.4) is 0 Å². The molecule has 0 saturated carbocycles. The molecule has 84 valence electrons. The molecule has 0 aromatic heterocycles. The lowest BCUT2D eigenvalue weighted by Crippen LogP contribution is -2.05. The first-order valence-electron chi connectivity index (χ1n) is 5.15. The van der Waals surface area contributed by atoms with Gasteiger partial charge in [-0.05, 0) is 37.1 Å². The van der Waals surface area contributed by atoms with Gasteiger partial charge in [-0.15, -0.1) is 0 Å². The molecule has 1 aromatic carbocycles. The summed E-state index contributed by atoms with van der Waals surface area (Å²) in [5, 5.41) is 0.569. The normalized spacial score (nSPS) is 13.3. The van der Waals surface area contributed by atoms with Crippen molar-refractivity contribution in [2.75, 3.05) is 6.61 Å². The van der Waals surface area contributed by atoms with E-state index >= 15 is 0 Å². The summed E-state index contributed by atoms with van der Waals surface area (Å²) in [6.45, 7) is 4.09. The largest absolute Gasteiger partial charge is 0.462 e. The van der Waals surface area contributed by atoms with Gasteiger partial charge in [0.15, 0.2) is 0 Å². The Balaban J connectivity index is 2.38. The number of aryl methyl sites for hydroxylation is 1. The van der Waals surface area contributed by atoms with Crippen LogP contribution in [0.4, 0.5) is 5.69 Å². The lowest BCUT2D eigenvalue weighted by Gasteiger charge is -2.06. The summed E-state index contributed by atoms with van der Waals surface area (Å²) in [4.78, 5) is 15.8. The van der Waals surface area contributed by atoms with Crippen molar-refractivity contribution in [2.24, 2.45) is 4.99 Å². The van der Waals surface area contributed by atoms with E-state index in [4.69, 9.17) is 16.3 Å². The van der Waals surface area contributed by atoms with Crippen LogP contribution in [0.15, 0.2) is 17.1 Å². The molecule has 4 heteroatoms. The Labute approximate surface area is 99.1 Å². The highest BCUT2D eigenvalue weighted by atomic mass is 35.5. The molecule has 0 saturated heterocycles. The molecule has 0 unspecified atom stereocenters. The van der Waals surface area contributed by atoms with Crippen LogP contribution in [0, 0.1) is 6.92 Å². The summed E-state index contributed by atoms with van der Waals surface area (Å²) in [7, 11) is 0. The number of rotatable bonds is 2. The number of carbonyl (C=O) groups is 1. The van der Waals surface area contributed by atoms with Crippen molar-refractivity contribution < 1.29 is 9.53 Å². The Morgan fingerprint density at radius 1 is 1.56 bits per heavy atom. The fourth-order valence-corrected chi connectivity index (χ4v) is 2.03. The van der Waals surface area contributed by atoms with E-state index in [2.05, 4.69) is 4.99 Å². The molecule has 2 rings (SSSR count). The predicted molar refractivity (Wildman–Crippen MR) is 63.8 cm³/mol. The number of fused-ring (bicyclic) bond motifs is 1. The highest BCUT2D eigenvalue weighted by Gasteiger charge is 2.18. The Morgan fingerprint density at radius 3 is 3.00 bits per heavy atom. The second-order valence-corrected chi connectivity index (χ2v) is 4.12. The van der Waals surface area contributed by atoms with Crippen molar-refractivity contribution in [1.29, 1.82) is 0 Å². The van der Waals surface area contributed by atoms with Crippen molar-refractivity contribution in [1.82, 2.24) is 0 Å². The Hall–Kier alpha value is -1.35. The van der Waals surface area contributed by atoms with Crippen LogP contribution in [0.5, 0.6) is 0 Å². The third-order valence-corrected chi connectivity index (χ3v) is 2.68. The Morgan fingerprint density at radius 2 is 2.31 bits per heavy atom. The van der Waals surface area contributed by atoms with Gasteiger partial charge in [0.25, 0.3) is 0 Å². The second kappa shape index (κ2) is 4.26. The van der Waals surface area contributed by atoms with E-state index in [1.165, 1.54) is 0 Å². The van der Waals surface area contributed by atoms with Crippen LogP contribution in [0.1, 0.15) is 28.4 Å². The number of benzene rings is 1. The molecule has 1 aliphatic rings. The number of hydrogen-bond donors (Lipinski definition) is 0. The maximum atomic E-state index is 11.6. The van der Waals surface area contributed by atoms with Crippen LogP contribution in [-0.2, 0) is 11.2 Å². The third-order valence-electron chi connectivity index (χ3n) is 2.46. The van der Waals surface area contributed by atoms with Gasteiger partial charge < -0.3 is 4.74 Å². The topological polar surface area (TPSA) is 38.7 Å². The van der Waals surface area contributed by atoms with Crippen molar-refractivity contribution in [3.63, 3.8) is 0 Å². The average molecular weight is 238 g/mol. The van der Waals surface area contributed by atoms with Crippen LogP contribution < -0.4 is 0 Å². The summed E-state index contributed by atoms with van der Waals surface area (Å²) in [5.41, 5.74) is 3.40. The smallest absolute Gasteiger partial charge is 0.338 e. The average Bonchev–Trinajstić information content (AvgIpc) is 2.59. The zero-order chi connectivity index (χ0) is 11.7. The van der Waals surface area contributed by atoms with Crippen molar-refractivity contribution in [2.45, 2.75) is 20.3 Å². The summed E-state index contributed by atoms with van der Waals surface area (Å²) < 4.78 is 4.96. The second-order valence-electron chi connectivity index (χ2n) is 3.69. The summed E-state index contributed by atoms with van der Waals surface area (Å²) in [5.74, 6) is -0.295. The maximum absolute atomic E-state index is 11.6.